The second-order valence-corrected chi connectivity index (χ2v) is 8.91. The number of methoxy groups -OCH3 is 3. The summed E-state index contributed by atoms with van der Waals surface area (Å²) in [5.74, 6) is 1.88. The second kappa shape index (κ2) is 11.9. The van der Waals surface area contributed by atoms with E-state index in [1.807, 2.05) is 31.2 Å². The molecule has 0 unspecified atom stereocenters. The van der Waals surface area contributed by atoms with Crippen LogP contribution in [0.25, 0.3) is 0 Å². The molecule has 7 nitrogen and oxygen atoms in total. The number of ether oxygens (including phenoxy) is 4. The maximum Gasteiger partial charge on any atom is 0.271 e. The maximum absolute atomic E-state index is 12.5. The number of hydrogen-bond donors (Lipinski definition) is 1. The van der Waals surface area contributed by atoms with Gasteiger partial charge in [0.25, 0.3) is 5.91 Å². The molecule has 34 heavy (non-hydrogen) atoms. The lowest BCUT2D eigenvalue weighted by atomic mass is 10.1. The van der Waals surface area contributed by atoms with Gasteiger partial charge in [-0.05, 0) is 86.3 Å². The summed E-state index contributed by atoms with van der Waals surface area (Å²) in [4.78, 5) is 12.5. The summed E-state index contributed by atoms with van der Waals surface area (Å²) in [7, 11) is 4.60. The highest BCUT2D eigenvalue weighted by Gasteiger charge is 2.13. The molecule has 0 spiro atoms. The molecular formula is C25H24Br2N2O5. The van der Waals surface area contributed by atoms with Gasteiger partial charge in [-0.25, -0.2) is 5.43 Å². The standard InChI is InChI=1S/C25H24Br2N2O5/c1-15-9-19(26)23(20(27)10-15)34-14-16-5-7-18(8-6-16)25(30)29-28-13-17-11-21(31-2)24(33-4)22(12-17)32-3/h5-13H,14H2,1-4H3,(H,29,30)/b28-13+. The van der Waals surface area contributed by atoms with Gasteiger partial charge < -0.3 is 18.9 Å². The van der Waals surface area contributed by atoms with E-state index < -0.39 is 0 Å². The first-order chi connectivity index (χ1) is 16.4. The number of halogens is 2. The van der Waals surface area contributed by atoms with Gasteiger partial charge in [0, 0.05) is 11.1 Å². The molecule has 0 saturated heterocycles. The Morgan fingerprint density at radius 3 is 2.03 bits per heavy atom. The van der Waals surface area contributed by atoms with Crippen LogP contribution in [-0.2, 0) is 6.61 Å². The molecule has 0 aliphatic rings. The molecule has 3 rings (SSSR count). The topological polar surface area (TPSA) is 78.4 Å². The van der Waals surface area contributed by atoms with Crippen LogP contribution in [0.15, 0.2) is 62.6 Å². The third-order valence-electron chi connectivity index (χ3n) is 4.81. The number of carbonyl (C=O) groups excluding carboxylic acids is 1. The zero-order valence-electron chi connectivity index (χ0n) is 19.1. The molecule has 0 aromatic heterocycles. The number of hydrazone groups is 1. The molecule has 0 heterocycles. The molecule has 1 amide bonds. The third-order valence-corrected chi connectivity index (χ3v) is 5.99. The van der Waals surface area contributed by atoms with Gasteiger partial charge in [-0.3, -0.25) is 4.79 Å². The fourth-order valence-electron chi connectivity index (χ4n) is 3.14. The minimum Gasteiger partial charge on any atom is -0.493 e. The summed E-state index contributed by atoms with van der Waals surface area (Å²) < 4.78 is 23.6. The SMILES string of the molecule is COc1cc(/C=N/NC(=O)c2ccc(COc3c(Br)cc(C)cc3Br)cc2)cc(OC)c1OC. The van der Waals surface area contributed by atoms with Crippen LogP contribution in [0, 0.1) is 6.92 Å². The van der Waals surface area contributed by atoms with Crippen LogP contribution in [0.4, 0.5) is 0 Å². The summed E-state index contributed by atoms with van der Waals surface area (Å²) in [5, 5.41) is 4.04. The van der Waals surface area contributed by atoms with E-state index in [1.54, 1.807) is 24.3 Å². The zero-order valence-corrected chi connectivity index (χ0v) is 22.3. The van der Waals surface area contributed by atoms with Crippen molar-refractivity contribution in [1.29, 1.82) is 0 Å². The molecule has 3 aromatic rings. The van der Waals surface area contributed by atoms with Gasteiger partial charge in [-0.15, -0.1) is 0 Å². The summed E-state index contributed by atoms with van der Waals surface area (Å²) in [6.07, 6.45) is 1.50. The minimum atomic E-state index is -0.333. The Morgan fingerprint density at radius 1 is 0.912 bits per heavy atom. The number of carbonyl (C=O) groups is 1. The number of rotatable bonds is 9. The van der Waals surface area contributed by atoms with Gasteiger partial charge in [0.2, 0.25) is 5.75 Å². The van der Waals surface area contributed by atoms with Crippen molar-refractivity contribution in [3.8, 4) is 23.0 Å². The Hall–Kier alpha value is -3.04. The molecule has 178 valence electrons. The van der Waals surface area contributed by atoms with Crippen LogP contribution in [0.2, 0.25) is 0 Å². The number of amides is 1. The van der Waals surface area contributed by atoms with E-state index in [0.717, 1.165) is 25.8 Å². The normalized spacial score (nSPS) is 10.8. The molecule has 0 saturated carbocycles. The molecular weight excluding hydrogens is 568 g/mol. The molecule has 9 heteroatoms. The first kappa shape index (κ1) is 25.6. The van der Waals surface area contributed by atoms with Gasteiger partial charge in [-0.1, -0.05) is 12.1 Å². The van der Waals surface area contributed by atoms with E-state index in [4.69, 9.17) is 18.9 Å². The lowest BCUT2D eigenvalue weighted by molar-refractivity contribution is 0.0955. The number of hydrogen-bond acceptors (Lipinski definition) is 6. The number of nitrogens with one attached hydrogen (secondary N) is 1. The number of benzene rings is 3. The van der Waals surface area contributed by atoms with E-state index in [1.165, 1.54) is 27.5 Å². The number of aryl methyl sites for hydroxylation is 1. The first-order valence-corrected chi connectivity index (χ1v) is 11.8. The van der Waals surface area contributed by atoms with Crippen molar-refractivity contribution in [2.75, 3.05) is 21.3 Å². The molecule has 0 bridgehead atoms. The zero-order chi connectivity index (χ0) is 24.7. The Kier molecular flexibility index (Phi) is 8.95. The van der Waals surface area contributed by atoms with E-state index in [9.17, 15) is 4.79 Å². The molecule has 0 fully saturated rings. The van der Waals surface area contributed by atoms with Crippen LogP contribution < -0.4 is 24.4 Å². The van der Waals surface area contributed by atoms with Crippen LogP contribution in [0.3, 0.4) is 0 Å². The van der Waals surface area contributed by atoms with Crippen molar-refractivity contribution in [1.82, 2.24) is 5.43 Å². The van der Waals surface area contributed by atoms with Crippen LogP contribution in [-0.4, -0.2) is 33.5 Å². The third kappa shape index (κ3) is 6.30. The van der Waals surface area contributed by atoms with Crippen molar-refractivity contribution >= 4 is 44.0 Å². The fourth-order valence-corrected chi connectivity index (χ4v) is 4.78. The minimum absolute atomic E-state index is 0.333. The summed E-state index contributed by atoms with van der Waals surface area (Å²) in [6.45, 7) is 2.37. The smallest absolute Gasteiger partial charge is 0.271 e. The quantitative estimate of drug-likeness (QED) is 0.248. The average Bonchev–Trinajstić information content (AvgIpc) is 2.82. The predicted molar refractivity (Wildman–Crippen MR) is 139 cm³/mol. The average molecular weight is 592 g/mol. The van der Waals surface area contributed by atoms with Crippen molar-refractivity contribution < 1.29 is 23.7 Å². The van der Waals surface area contributed by atoms with Crippen LogP contribution in [0.5, 0.6) is 23.0 Å². The van der Waals surface area contributed by atoms with Gasteiger partial charge in [0.1, 0.15) is 12.4 Å². The van der Waals surface area contributed by atoms with Gasteiger partial charge in [-0.2, -0.15) is 5.10 Å². The fraction of sp³-hybridized carbons (Fsp3) is 0.200. The highest BCUT2D eigenvalue weighted by Crippen LogP contribution is 2.38. The van der Waals surface area contributed by atoms with E-state index in [2.05, 4.69) is 42.4 Å². The van der Waals surface area contributed by atoms with Crippen LogP contribution >= 0.6 is 31.9 Å². The molecule has 0 radical (unpaired) electrons. The van der Waals surface area contributed by atoms with Gasteiger partial charge in [0.15, 0.2) is 11.5 Å². The van der Waals surface area contributed by atoms with Crippen LogP contribution in [0.1, 0.15) is 27.0 Å². The van der Waals surface area contributed by atoms with Crippen molar-refractivity contribution in [3.63, 3.8) is 0 Å². The Labute approximate surface area is 215 Å². The maximum atomic E-state index is 12.5. The highest BCUT2D eigenvalue weighted by atomic mass is 79.9. The number of nitrogens with zero attached hydrogens (tertiary/aromatic N) is 1. The second-order valence-electron chi connectivity index (χ2n) is 7.20. The monoisotopic (exact) mass is 590 g/mol. The summed E-state index contributed by atoms with van der Waals surface area (Å²) >= 11 is 7.05. The molecule has 0 atom stereocenters. The van der Waals surface area contributed by atoms with E-state index in [0.29, 0.717) is 35.0 Å². The Balaban J connectivity index is 1.62. The van der Waals surface area contributed by atoms with Gasteiger partial charge in [0.05, 0.1) is 36.5 Å². The largest absolute Gasteiger partial charge is 0.493 e. The molecule has 1 N–H and O–H groups in total. The molecule has 0 aliphatic heterocycles. The predicted octanol–water partition coefficient (Wildman–Crippen LogP) is 5.89. The summed E-state index contributed by atoms with van der Waals surface area (Å²) in [5.41, 5.74) is 5.72. The molecule has 3 aromatic carbocycles. The van der Waals surface area contributed by atoms with Crippen molar-refractivity contribution in [2.24, 2.45) is 5.10 Å². The van der Waals surface area contributed by atoms with Gasteiger partial charge >= 0.3 is 0 Å². The van der Waals surface area contributed by atoms with Crippen molar-refractivity contribution in [2.45, 2.75) is 13.5 Å². The van der Waals surface area contributed by atoms with E-state index in [-0.39, 0.29) is 5.91 Å². The van der Waals surface area contributed by atoms with E-state index >= 15 is 0 Å². The Morgan fingerprint density at radius 2 is 1.50 bits per heavy atom. The lowest BCUT2D eigenvalue weighted by Gasteiger charge is -2.12. The highest BCUT2D eigenvalue weighted by molar-refractivity contribution is 9.11. The van der Waals surface area contributed by atoms with Crippen molar-refractivity contribution in [3.05, 3.63) is 79.7 Å². The lowest BCUT2D eigenvalue weighted by Crippen LogP contribution is -2.17. The summed E-state index contributed by atoms with van der Waals surface area (Å²) in [6, 6.07) is 14.6. The first-order valence-electron chi connectivity index (χ1n) is 10.2. The molecule has 0 aliphatic carbocycles. The Bertz CT molecular complexity index is 1150.